The Bertz CT molecular complexity index is 450. The number of nitrogens with one attached hydrogen (secondary N) is 1. The van der Waals surface area contributed by atoms with Gasteiger partial charge >= 0.3 is 0 Å². The molecule has 20 heavy (non-hydrogen) atoms. The number of rotatable bonds is 5. The Morgan fingerprint density at radius 3 is 2.75 bits per heavy atom. The standard InChI is InChI=1S/C16H22BrNO2/c17-15-7-3-4-12(8-15)9-16(20)18-10-13-5-1-2-6-14(13)11-19/h3-4,7-8,13-14,19H,1-2,5-6,9-11H2,(H,18,20). The molecule has 0 aromatic heterocycles. The van der Waals surface area contributed by atoms with E-state index in [1.807, 2.05) is 24.3 Å². The molecule has 0 aliphatic heterocycles. The van der Waals surface area contributed by atoms with Gasteiger partial charge in [-0.2, -0.15) is 0 Å². The molecule has 0 radical (unpaired) electrons. The minimum Gasteiger partial charge on any atom is -0.396 e. The summed E-state index contributed by atoms with van der Waals surface area (Å²) in [7, 11) is 0. The van der Waals surface area contributed by atoms with Gasteiger partial charge in [0.25, 0.3) is 0 Å². The molecule has 2 rings (SSSR count). The highest BCUT2D eigenvalue weighted by Crippen LogP contribution is 2.29. The first-order valence-corrected chi connectivity index (χ1v) is 8.10. The normalized spacial score (nSPS) is 22.5. The summed E-state index contributed by atoms with van der Waals surface area (Å²) in [6.07, 6.45) is 5.03. The lowest BCUT2D eigenvalue weighted by molar-refractivity contribution is -0.120. The summed E-state index contributed by atoms with van der Waals surface area (Å²) >= 11 is 3.41. The third-order valence-electron chi connectivity index (χ3n) is 4.12. The molecule has 2 unspecified atom stereocenters. The van der Waals surface area contributed by atoms with Crippen LogP contribution in [0.1, 0.15) is 31.2 Å². The van der Waals surface area contributed by atoms with E-state index in [4.69, 9.17) is 0 Å². The van der Waals surface area contributed by atoms with Crippen molar-refractivity contribution in [3.8, 4) is 0 Å². The molecule has 1 aromatic rings. The van der Waals surface area contributed by atoms with Crippen molar-refractivity contribution in [2.45, 2.75) is 32.1 Å². The summed E-state index contributed by atoms with van der Waals surface area (Å²) in [5, 5.41) is 12.4. The monoisotopic (exact) mass is 339 g/mol. The molecule has 1 aliphatic rings. The van der Waals surface area contributed by atoms with Gasteiger partial charge < -0.3 is 10.4 Å². The molecule has 1 aromatic carbocycles. The predicted molar refractivity (Wildman–Crippen MR) is 83.4 cm³/mol. The number of aliphatic hydroxyl groups is 1. The van der Waals surface area contributed by atoms with E-state index < -0.39 is 0 Å². The summed E-state index contributed by atoms with van der Waals surface area (Å²) in [6, 6.07) is 7.82. The number of benzene rings is 1. The van der Waals surface area contributed by atoms with Gasteiger partial charge in [-0.1, -0.05) is 40.9 Å². The van der Waals surface area contributed by atoms with Crippen molar-refractivity contribution >= 4 is 21.8 Å². The second-order valence-corrected chi connectivity index (χ2v) is 6.51. The predicted octanol–water partition coefficient (Wildman–Crippen LogP) is 2.91. The molecule has 1 aliphatic carbocycles. The average Bonchev–Trinajstić information content (AvgIpc) is 2.45. The Labute approximate surface area is 128 Å². The number of aliphatic hydroxyl groups excluding tert-OH is 1. The van der Waals surface area contributed by atoms with Crippen LogP contribution in [0, 0.1) is 11.8 Å². The summed E-state index contributed by atoms with van der Waals surface area (Å²) in [4.78, 5) is 12.0. The highest BCUT2D eigenvalue weighted by atomic mass is 79.9. The summed E-state index contributed by atoms with van der Waals surface area (Å²) in [5.74, 6) is 0.848. The van der Waals surface area contributed by atoms with Crippen LogP contribution in [0.15, 0.2) is 28.7 Å². The third kappa shape index (κ3) is 4.60. The maximum Gasteiger partial charge on any atom is 0.224 e. The van der Waals surface area contributed by atoms with E-state index in [9.17, 15) is 9.90 Å². The molecule has 4 heteroatoms. The first-order chi connectivity index (χ1) is 9.69. The fourth-order valence-corrected chi connectivity index (χ4v) is 3.38. The first kappa shape index (κ1) is 15.5. The number of hydrogen-bond acceptors (Lipinski definition) is 2. The largest absolute Gasteiger partial charge is 0.396 e. The maximum absolute atomic E-state index is 12.0. The van der Waals surface area contributed by atoms with Crippen LogP contribution < -0.4 is 5.32 Å². The number of carbonyl (C=O) groups excluding carboxylic acids is 1. The van der Waals surface area contributed by atoms with E-state index in [0.717, 1.165) is 22.9 Å². The van der Waals surface area contributed by atoms with Gasteiger partial charge in [0, 0.05) is 17.6 Å². The van der Waals surface area contributed by atoms with Crippen molar-refractivity contribution in [2.24, 2.45) is 11.8 Å². The van der Waals surface area contributed by atoms with Gasteiger partial charge in [0.2, 0.25) is 5.91 Å². The molecule has 0 heterocycles. The van der Waals surface area contributed by atoms with E-state index in [1.54, 1.807) is 0 Å². The number of hydrogen-bond donors (Lipinski definition) is 2. The molecule has 1 fully saturated rings. The Morgan fingerprint density at radius 1 is 1.30 bits per heavy atom. The first-order valence-electron chi connectivity index (χ1n) is 7.31. The third-order valence-corrected chi connectivity index (χ3v) is 4.61. The maximum atomic E-state index is 12.0. The number of amides is 1. The Balaban J connectivity index is 1.79. The molecule has 1 saturated carbocycles. The quantitative estimate of drug-likeness (QED) is 0.866. The van der Waals surface area contributed by atoms with Crippen LogP contribution in [0.25, 0.3) is 0 Å². The van der Waals surface area contributed by atoms with Crippen LogP contribution in [-0.4, -0.2) is 24.2 Å². The van der Waals surface area contributed by atoms with E-state index in [-0.39, 0.29) is 12.5 Å². The Kier molecular flexibility index (Phi) is 6.05. The molecule has 0 bridgehead atoms. The highest BCUT2D eigenvalue weighted by Gasteiger charge is 2.24. The second-order valence-electron chi connectivity index (χ2n) is 5.60. The van der Waals surface area contributed by atoms with Crippen LogP contribution in [0.4, 0.5) is 0 Å². The minimum absolute atomic E-state index is 0.0605. The molecule has 1 amide bonds. The molecular weight excluding hydrogens is 318 g/mol. The average molecular weight is 340 g/mol. The number of halogens is 1. The zero-order valence-electron chi connectivity index (χ0n) is 11.6. The smallest absolute Gasteiger partial charge is 0.224 e. The topological polar surface area (TPSA) is 49.3 Å². The van der Waals surface area contributed by atoms with Crippen molar-refractivity contribution < 1.29 is 9.90 Å². The highest BCUT2D eigenvalue weighted by molar-refractivity contribution is 9.10. The Morgan fingerprint density at radius 2 is 2.05 bits per heavy atom. The lowest BCUT2D eigenvalue weighted by Gasteiger charge is -2.30. The van der Waals surface area contributed by atoms with Crippen LogP contribution in [0.2, 0.25) is 0 Å². The number of carbonyl (C=O) groups is 1. The van der Waals surface area contributed by atoms with Crippen LogP contribution in [0.3, 0.4) is 0 Å². The SMILES string of the molecule is O=C(Cc1cccc(Br)c1)NCC1CCCCC1CO. The van der Waals surface area contributed by atoms with Gasteiger partial charge in [-0.3, -0.25) is 4.79 Å². The van der Waals surface area contributed by atoms with Crippen molar-refractivity contribution in [3.05, 3.63) is 34.3 Å². The summed E-state index contributed by atoms with van der Waals surface area (Å²) in [5.41, 5.74) is 1.01. The second kappa shape index (κ2) is 7.79. The van der Waals surface area contributed by atoms with Gasteiger partial charge in [0.05, 0.1) is 6.42 Å². The van der Waals surface area contributed by atoms with Crippen molar-refractivity contribution in [3.63, 3.8) is 0 Å². The van der Waals surface area contributed by atoms with Gasteiger partial charge in [-0.25, -0.2) is 0 Å². The zero-order chi connectivity index (χ0) is 14.4. The van der Waals surface area contributed by atoms with Gasteiger partial charge in [0.15, 0.2) is 0 Å². The zero-order valence-corrected chi connectivity index (χ0v) is 13.2. The van der Waals surface area contributed by atoms with Crippen LogP contribution in [0.5, 0.6) is 0 Å². The Hall–Kier alpha value is -0.870. The van der Waals surface area contributed by atoms with Crippen LogP contribution >= 0.6 is 15.9 Å². The van der Waals surface area contributed by atoms with Crippen molar-refractivity contribution in [2.75, 3.05) is 13.2 Å². The molecule has 3 nitrogen and oxygen atoms in total. The van der Waals surface area contributed by atoms with Crippen LogP contribution in [-0.2, 0) is 11.2 Å². The minimum atomic E-state index is 0.0605. The molecule has 0 saturated heterocycles. The summed E-state index contributed by atoms with van der Waals surface area (Å²) in [6.45, 7) is 0.935. The molecule has 2 atom stereocenters. The lowest BCUT2D eigenvalue weighted by atomic mass is 9.79. The van der Waals surface area contributed by atoms with Crippen molar-refractivity contribution in [1.29, 1.82) is 0 Å². The van der Waals surface area contributed by atoms with E-state index in [2.05, 4.69) is 21.2 Å². The molecular formula is C16H22BrNO2. The fourth-order valence-electron chi connectivity index (χ4n) is 2.93. The fraction of sp³-hybridized carbons (Fsp3) is 0.562. The van der Waals surface area contributed by atoms with Gasteiger partial charge in [-0.05, 0) is 42.4 Å². The van der Waals surface area contributed by atoms with Crippen molar-refractivity contribution in [1.82, 2.24) is 5.32 Å². The summed E-state index contributed by atoms with van der Waals surface area (Å²) < 4.78 is 0.996. The lowest BCUT2D eigenvalue weighted by Crippen LogP contribution is -2.36. The van der Waals surface area contributed by atoms with Gasteiger partial charge in [-0.15, -0.1) is 0 Å². The van der Waals surface area contributed by atoms with Gasteiger partial charge in [0.1, 0.15) is 0 Å². The van der Waals surface area contributed by atoms with E-state index in [1.165, 1.54) is 12.8 Å². The van der Waals surface area contributed by atoms with E-state index in [0.29, 0.717) is 24.8 Å². The molecule has 0 spiro atoms. The molecule has 2 N–H and O–H groups in total. The molecule has 110 valence electrons. The van der Waals surface area contributed by atoms with E-state index >= 15 is 0 Å².